The van der Waals surface area contributed by atoms with Gasteiger partial charge in [0, 0.05) is 18.8 Å². The van der Waals surface area contributed by atoms with Gasteiger partial charge in [0.2, 0.25) is 11.8 Å². The Morgan fingerprint density at radius 2 is 1.92 bits per heavy atom. The van der Waals surface area contributed by atoms with Gasteiger partial charge in [-0.25, -0.2) is 4.98 Å². The van der Waals surface area contributed by atoms with Crippen molar-refractivity contribution in [1.82, 2.24) is 20.0 Å². The third kappa shape index (κ3) is 5.05. The van der Waals surface area contributed by atoms with Crippen molar-refractivity contribution in [3.8, 4) is 0 Å². The number of carbonyl (C=O) groups is 2. The second-order valence-corrected chi connectivity index (χ2v) is 6.97. The molecule has 0 saturated heterocycles. The summed E-state index contributed by atoms with van der Waals surface area (Å²) >= 11 is 0. The van der Waals surface area contributed by atoms with E-state index in [2.05, 4.69) is 15.6 Å². The lowest BCUT2D eigenvalue weighted by Gasteiger charge is -2.20. The van der Waals surface area contributed by atoms with Gasteiger partial charge in [-0.15, -0.1) is 0 Å². The van der Waals surface area contributed by atoms with Crippen LogP contribution in [0, 0.1) is 12.8 Å². The highest BCUT2D eigenvalue weighted by Gasteiger charge is 2.17. The molecule has 25 heavy (non-hydrogen) atoms. The van der Waals surface area contributed by atoms with Gasteiger partial charge in [-0.2, -0.15) is 0 Å². The number of amides is 2. The number of aromatic nitrogens is 2. The van der Waals surface area contributed by atoms with Gasteiger partial charge < -0.3 is 15.0 Å². The van der Waals surface area contributed by atoms with Crippen LogP contribution in [0.4, 0.5) is 0 Å². The fourth-order valence-electron chi connectivity index (χ4n) is 3.40. The number of nitrogens with zero attached hydrogens (tertiary/aromatic N) is 2. The highest BCUT2D eigenvalue weighted by atomic mass is 16.2. The number of carbonyl (C=O) groups excluding carboxylic acids is 2. The Balaban J connectivity index is 1.40. The van der Waals surface area contributed by atoms with Gasteiger partial charge in [0.25, 0.3) is 0 Å². The summed E-state index contributed by atoms with van der Waals surface area (Å²) in [6, 6.07) is 3.96. The number of fused-ring (bicyclic) bond motifs is 1. The minimum Gasteiger partial charge on any atom is -0.349 e. The molecule has 2 N–H and O–H groups in total. The van der Waals surface area contributed by atoms with Gasteiger partial charge in [0.15, 0.2) is 0 Å². The van der Waals surface area contributed by atoms with Crippen molar-refractivity contribution < 1.29 is 9.59 Å². The van der Waals surface area contributed by atoms with E-state index in [0.29, 0.717) is 18.9 Å². The molecule has 6 heteroatoms. The van der Waals surface area contributed by atoms with Gasteiger partial charge in [-0.1, -0.05) is 25.3 Å². The molecule has 0 unspecified atom stereocenters. The number of pyridine rings is 1. The first-order valence-corrected chi connectivity index (χ1v) is 9.08. The first-order valence-electron chi connectivity index (χ1n) is 9.08. The summed E-state index contributed by atoms with van der Waals surface area (Å²) in [5.41, 5.74) is 2.81. The molecule has 0 bridgehead atoms. The van der Waals surface area contributed by atoms with E-state index in [-0.39, 0.29) is 18.4 Å². The van der Waals surface area contributed by atoms with Crippen molar-refractivity contribution in [2.24, 2.45) is 5.92 Å². The molecule has 2 aromatic heterocycles. The molecule has 3 rings (SSSR count). The molecule has 134 valence electrons. The van der Waals surface area contributed by atoms with Crippen LogP contribution in [0.2, 0.25) is 0 Å². The molecule has 2 aromatic rings. The summed E-state index contributed by atoms with van der Waals surface area (Å²) in [7, 11) is 0. The van der Waals surface area contributed by atoms with Gasteiger partial charge in [0.05, 0.1) is 18.8 Å². The average Bonchev–Trinajstić information content (AvgIpc) is 3.01. The molecule has 0 aromatic carbocycles. The van der Waals surface area contributed by atoms with E-state index in [0.717, 1.165) is 29.7 Å². The second-order valence-electron chi connectivity index (χ2n) is 6.97. The molecule has 2 amide bonds. The Kier molecular flexibility index (Phi) is 5.68. The monoisotopic (exact) mass is 342 g/mol. The summed E-state index contributed by atoms with van der Waals surface area (Å²) in [6.45, 7) is 2.41. The molecule has 0 aliphatic heterocycles. The number of imidazole rings is 1. The van der Waals surface area contributed by atoms with Crippen molar-refractivity contribution in [1.29, 1.82) is 0 Å². The molecule has 0 atom stereocenters. The summed E-state index contributed by atoms with van der Waals surface area (Å²) in [5.74, 6) is 0.272. The largest absolute Gasteiger partial charge is 0.349 e. The van der Waals surface area contributed by atoms with Crippen molar-refractivity contribution in [2.75, 3.05) is 6.54 Å². The lowest BCUT2D eigenvalue weighted by Crippen LogP contribution is -2.37. The van der Waals surface area contributed by atoms with E-state index in [1.807, 2.05) is 35.9 Å². The van der Waals surface area contributed by atoms with E-state index in [9.17, 15) is 9.59 Å². The maximum atomic E-state index is 11.9. The molecule has 1 aliphatic carbocycles. The maximum Gasteiger partial charge on any atom is 0.239 e. The standard InChI is InChI=1S/C19H26N4O2/c1-14-7-8-17-22-16(13-23(17)12-14)10-20-19(25)11-21-18(24)9-15-5-3-2-4-6-15/h7-8,12-13,15H,2-6,9-11H2,1H3,(H,20,25)(H,21,24). The van der Waals surface area contributed by atoms with E-state index < -0.39 is 0 Å². The zero-order valence-corrected chi connectivity index (χ0v) is 14.8. The number of rotatable bonds is 6. The normalized spacial score (nSPS) is 15.2. The van der Waals surface area contributed by atoms with Crippen molar-refractivity contribution >= 4 is 17.5 Å². The first-order chi connectivity index (χ1) is 12.1. The second kappa shape index (κ2) is 8.14. The fourth-order valence-corrected chi connectivity index (χ4v) is 3.40. The maximum absolute atomic E-state index is 11.9. The van der Waals surface area contributed by atoms with Crippen LogP contribution in [0.15, 0.2) is 24.5 Å². The van der Waals surface area contributed by atoms with Crippen LogP contribution in [0.3, 0.4) is 0 Å². The predicted octanol–water partition coefficient (Wildman–Crippen LogP) is 2.35. The molecule has 0 radical (unpaired) electrons. The molecular weight excluding hydrogens is 316 g/mol. The van der Waals surface area contributed by atoms with Crippen molar-refractivity contribution in [2.45, 2.75) is 52.0 Å². The molecule has 0 spiro atoms. The molecule has 2 heterocycles. The minimum atomic E-state index is -0.190. The first kappa shape index (κ1) is 17.5. The molecule has 1 aliphatic rings. The summed E-state index contributed by atoms with van der Waals surface area (Å²) in [5, 5.41) is 5.53. The van der Waals surface area contributed by atoms with Crippen molar-refractivity contribution in [3.05, 3.63) is 35.8 Å². The van der Waals surface area contributed by atoms with E-state index in [4.69, 9.17) is 0 Å². The Hall–Kier alpha value is -2.37. The quantitative estimate of drug-likeness (QED) is 0.846. The lowest BCUT2D eigenvalue weighted by molar-refractivity contribution is -0.126. The van der Waals surface area contributed by atoms with E-state index >= 15 is 0 Å². The number of aryl methyl sites for hydroxylation is 1. The smallest absolute Gasteiger partial charge is 0.239 e. The van der Waals surface area contributed by atoms with Gasteiger partial charge in [-0.05, 0) is 37.3 Å². The van der Waals surface area contributed by atoms with Gasteiger partial charge in [0.1, 0.15) is 5.65 Å². The van der Waals surface area contributed by atoms with Crippen LogP contribution in [-0.2, 0) is 16.1 Å². The fraction of sp³-hybridized carbons (Fsp3) is 0.526. The molecule has 1 saturated carbocycles. The number of nitrogens with one attached hydrogen (secondary N) is 2. The molecule has 6 nitrogen and oxygen atoms in total. The molecule has 1 fully saturated rings. The van der Waals surface area contributed by atoms with Crippen LogP contribution < -0.4 is 10.6 Å². The zero-order chi connectivity index (χ0) is 17.6. The van der Waals surface area contributed by atoms with E-state index in [1.165, 1.54) is 19.3 Å². The SMILES string of the molecule is Cc1ccc2nc(CNC(=O)CNC(=O)CC3CCCCC3)cn2c1. The van der Waals surface area contributed by atoms with Crippen LogP contribution in [0.25, 0.3) is 5.65 Å². The average molecular weight is 342 g/mol. The number of hydrogen-bond acceptors (Lipinski definition) is 3. The summed E-state index contributed by atoms with van der Waals surface area (Å²) in [4.78, 5) is 28.3. The predicted molar refractivity (Wildman–Crippen MR) is 96.0 cm³/mol. The van der Waals surface area contributed by atoms with E-state index in [1.54, 1.807) is 0 Å². The lowest BCUT2D eigenvalue weighted by atomic mass is 9.87. The summed E-state index contributed by atoms with van der Waals surface area (Å²) in [6.07, 6.45) is 10.4. The Labute approximate surface area is 148 Å². The van der Waals surface area contributed by atoms with Crippen molar-refractivity contribution in [3.63, 3.8) is 0 Å². The topological polar surface area (TPSA) is 75.5 Å². The van der Waals surface area contributed by atoms with Crippen LogP contribution in [0.1, 0.15) is 49.8 Å². The Bertz CT molecular complexity index is 747. The van der Waals surface area contributed by atoms with Gasteiger partial charge >= 0.3 is 0 Å². The summed E-state index contributed by atoms with van der Waals surface area (Å²) < 4.78 is 1.95. The Morgan fingerprint density at radius 1 is 1.12 bits per heavy atom. The van der Waals surface area contributed by atoms with Gasteiger partial charge in [-0.3, -0.25) is 9.59 Å². The minimum absolute atomic E-state index is 0.0229. The van der Waals surface area contributed by atoms with Crippen LogP contribution in [0.5, 0.6) is 0 Å². The molecular formula is C19H26N4O2. The van der Waals surface area contributed by atoms with Crippen LogP contribution >= 0.6 is 0 Å². The van der Waals surface area contributed by atoms with Crippen LogP contribution in [-0.4, -0.2) is 27.7 Å². The third-order valence-electron chi connectivity index (χ3n) is 4.76. The Morgan fingerprint density at radius 3 is 2.72 bits per heavy atom. The third-order valence-corrected chi connectivity index (χ3v) is 4.76. The highest BCUT2D eigenvalue weighted by Crippen LogP contribution is 2.25. The zero-order valence-electron chi connectivity index (χ0n) is 14.8. The highest BCUT2D eigenvalue weighted by molar-refractivity contribution is 5.84. The number of hydrogen-bond donors (Lipinski definition) is 2.